The van der Waals surface area contributed by atoms with E-state index >= 15 is 0 Å². The Morgan fingerprint density at radius 3 is 2.46 bits per heavy atom. The molecular weight excluding hydrogens is 330 g/mol. The van der Waals surface area contributed by atoms with Crippen molar-refractivity contribution >= 4 is 0 Å². The Bertz CT molecular complexity index is 1050. The van der Waals surface area contributed by atoms with E-state index in [4.69, 9.17) is 13.7 Å². The number of aryl methyl sites for hydroxylation is 2. The third-order valence-electron chi connectivity index (χ3n) is 4.14. The van der Waals surface area contributed by atoms with Gasteiger partial charge < -0.3 is 13.7 Å². The van der Waals surface area contributed by atoms with Gasteiger partial charge in [0.15, 0.2) is 0 Å². The van der Waals surface area contributed by atoms with Gasteiger partial charge in [0, 0.05) is 5.56 Å². The first-order valence-electron chi connectivity index (χ1n) is 8.18. The standard InChI is InChI=1S/C20H17N3O3/c1-12-9-10-15(16(11-12)24-3)19-21-22-20(25-19)17-13(2)26-23-18(17)14-7-5-4-6-8-14/h4-11H,1-3H3. The van der Waals surface area contributed by atoms with E-state index in [2.05, 4.69) is 15.4 Å². The fourth-order valence-electron chi connectivity index (χ4n) is 2.83. The smallest absolute Gasteiger partial charge is 0.254 e. The quantitative estimate of drug-likeness (QED) is 0.533. The second-order valence-corrected chi connectivity index (χ2v) is 5.94. The van der Waals surface area contributed by atoms with Gasteiger partial charge in [-0.25, -0.2) is 0 Å². The highest BCUT2D eigenvalue weighted by atomic mass is 16.5. The van der Waals surface area contributed by atoms with Crippen molar-refractivity contribution in [1.82, 2.24) is 15.4 Å². The molecule has 2 aromatic heterocycles. The van der Waals surface area contributed by atoms with Crippen LogP contribution in [0.1, 0.15) is 11.3 Å². The molecule has 2 aromatic carbocycles. The largest absolute Gasteiger partial charge is 0.496 e. The minimum atomic E-state index is 0.361. The van der Waals surface area contributed by atoms with Crippen LogP contribution in [0, 0.1) is 13.8 Å². The SMILES string of the molecule is COc1cc(C)ccc1-c1nnc(-c2c(-c3ccccc3)noc2C)o1. The van der Waals surface area contributed by atoms with Crippen LogP contribution in [0.25, 0.3) is 34.2 Å². The lowest BCUT2D eigenvalue weighted by molar-refractivity contribution is 0.399. The first-order chi connectivity index (χ1) is 12.7. The number of methoxy groups -OCH3 is 1. The molecule has 4 rings (SSSR count). The van der Waals surface area contributed by atoms with Gasteiger partial charge in [-0.15, -0.1) is 10.2 Å². The predicted octanol–water partition coefficient (Wildman–Crippen LogP) is 4.68. The normalized spacial score (nSPS) is 10.9. The molecule has 0 bridgehead atoms. The summed E-state index contributed by atoms with van der Waals surface area (Å²) in [7, 11) is 1.62. The number of hydrogen-bond acceptors (Lipinski definition) is 6. The summed E-state index contributed by atoms with van der Waals surface area (Å²) in [6.45, 7) is 3.82. The van der Waals surface area contributed by atoms with Gasteiger partial charge in [-0.1, -0.05) is 41.6 Å². The number of nitrogens with zero attached hydrogens (tertiary/aromatic N) is 3. The molecular formula is C20H17N3O3. The highest BCUT2D eigenvalue weighted by Gasteiger charge is 2.23. The van der Waals surface area contributed by atoms with Gasteiger partial charge >= 0.3 is 0 Å². The Morgan fingerprint density at radius 1 is 0.923 bits per heavy atom. The van der Waals surface area contributed by atoms with Crippen LogP contribution in [0.4, 0.5) is 0 Å². The fraction of sp³-hybridized carbons (Fsp3) is 0.150. The zero-order valence-electron chi connectivity index (χ0n) is 14.7. The molecule has 0 spiro atoms. The van der Waals surface area contributed by atoms with Crippen molar-refractivity contribution in [1.29, 1.82) is 0 Å². The van der Waals surface area contributed by atoms with E-state index in [1.807, 2.05) is 62.4 Å². The van der Waals surface area contributed by atoms with Crippen LogP contribution in [-0.2, 0) is 0 Å². The molecule has 0 saturated heterocycles. The Morgan fingerprint density at radius 2 is 1.69 bits per heavy atom. The van der Waals surface area contributed by atoms with Crippen molar-refractivity contribution in [2.75, 3.05) is 7.11 Å². The van der Waals surface area contributed by atoms with E-state index in [1.165, 1.54) is 0 Å². The van der Waals surface area contributed by atoms with Crippen LogP contribution in [0.3, 0.4) is 0 Å². The highest BCUT2D eigenvalue weighted by Crippen LogP contribution is 2.36. The molecule has 0 amide bonds. The molecule has 6 nitrogen and oxygen atoms in total. The molecule has 130 valence electrons. The molecule has 0 radical (unpaired) electrons. The number of ether oxygens (including phenoxy) is 1. The van der Waals surface area contributed by atoms with Crippen molar-refractivity contribution < 1.29 is 13.7 Å². The van der Waals surface area contributed by atoms with E-state index in [0.29, 0.717) is 34.5 Å². The van der Waals surface area contributed by atoms with Crippen molar-refractivity contribution in [3.8, 4) is 39.9 Å². The molecule has 0 fully saturated rings. The Balaban J connectivity index is 1.80. The van der Waals surface area contributed by atoms with Crippen molar-refractivity contribution in [2.24, 2.45) is 0 Å². The number of aromatic nitrogens is 3. The van der Waals surface area contributed by atoms with Gasteiger partial charge in [0.05, 0.1) is 12.7 Å². The van der Waals surface area contributed by atoms with E-state index < -0.39 is 0 Å². The predicted molar refractivity (Wildman–Crippen MR) is 96.7 cm³/mol. The maximum Gasteiger partial charge on any atom is 0.254 e. The van der Waals surface area contributed by atoms with Gasteiger partial charge in [0.25, 0.3) is 11.8 Å². The Labute approximate surface area is 150 Å². The van der Waals surface area contributed by atoms with Crippen molar-refractivity contribution in [2.45, 2.75) is 13.8 Å². The van der Waals surface area contributed by atoms with E-state index in [9.17, 15) is 0 Å². The van der Waals surface area contributed by atoms with Crippen LogP contribution in [-0.4, -0.2) is 22.5 Å². The zero-order chi connectivity index (χ0) is 18.1. The molecule has 6 heteroatoms. The molecule has 0 aliphatic heterocycles. The Kier molecular flexibility index (Phi) is 4.01. The second-order valence-electron chi connectivity index (χ2n) is 5.94. The fourth-order valence-corrected chi connectivity index (χ4v) is 2.83. The third kappa shape index (κ3) is 2.75. The van der Waals surface area contributed by atoms with Crippen LogP contribution in [0.5, 0.6) is 5.75 Å². The van der Waals surface area contributed by atoms with Gasteiger partial charge in [0.1, 0.15) is 22.8 Å². The minimum Gasteiger partial charge on any atom is -0.496 e. The van der Waals surface area contributed by atoms with Gasteiger partial charge in [0.2, 0.25) is 0 Å². The average Bonchev–Trinajstić information content (AvgIpc) is 3.28. The second kappa shape index (κ2) is 6.48. The maximum absolute atomic E-state index is 5.94. The number of rotatable bonds is 4. The molecule has 0 aliphatic carbocycles. The lowest BCUT2D eigenvalue weighted by atomic mass is 10.1. The van der Waals surface area contributed by atoms with E-state index in [-0.39, 0.29) is 0 Å². The summed E-state index contributed by atoms with van der Waals surface area (Å²) >= 11 is 0. The summed E-state index contributed by atoms with van der Waals surface area (Å²) in [5.41, 5.74) is 4.13. The van der Waals surface area contributed by atoms with E-state index in [0.717, 1.165) is 16.7 Å². The van der Waals surface area contributed by atoms with Crippen LogP contribution < -0.4 is 4.74 Å². The van der Waals surface area contributed by atoms with Crippen molar-refractivity contribution in [3.63, 3.8) is 0 Å². The summed E-state index contributed by atoms with van der Waals surface area (Å²) in [4.78, 5) is 0. The number of benzene rings is 2. The highest BCUT2D eigenvalue weighted by molar-refractivity contribution is 5.78. The van der Waals surface area contributed by atoms with Crippen LogP contribution in [0.2, 0.25) is 0 Å². The molecule has 0 unspecified atom stereocenters. The molecule has 2 heterocycles. The monoisotopic (exact) mass is 347 g/mol. The molecule has 0 aliphatic rings. The molecule has 0 saturated carbocycles. The van der Waals surface area contributed by atoms with E-state index in [1.54, 1.807) is 7.11 Å². The first kappa shape index (κ1) is 16.1. The van der Waals surface area contributed by atoms with Crippen molar-refractivity contribution in [3.05, 3.63) is 59.9 Å². The van der Waals surface area contributed by atoms with Crippen LogP contribution >= 0.6 is 0 Å². The third-order valence-corrected chi connectivity index (χ3v) is 4.14. The lowest BCUT2D eigenvalue weighted by Gasteiger charge is -2.05. The van der Waals surface area contributed by atoms with Gasteiger partial charge in [-0.2, -0.15) is 0 Å². The first-order valence-corrected chi connectivity index (χ1v) is 8.18. The molecule has 4 aromatic rings. The topological polar surface area (TPSA) is 74.2 Å². The summed E-state index contributed by atoms with van der Waals surface area (Å²) in [5.74, 6) is 2.05. The Hall–Kier alpha value is -3.41. The van der Waals surface area contributed by atoms with Gasteiger partial charge in [-0.05, 0) is 31.5 Å². The molecule has 0 atom stereocenters. The summed E-state index contributed by atoms with van der Waals surface area (Å²) in [6.07, 6.45) is 0. The average molecular weight is 347 g/mol. The van der Waals surface area contributed by atoms with Crippen LogP contribution in [0.15, 0.2) is 57.5 Å². The number of hydrogen-bond donors (Lipinski definition) is 0. The molecule has 26 heavy (non-hydrogen) atoms. The zero-order valence-corrected chi connectivity index (χ0v) is 14.7. The van der Waals surface area contributed by atoms with Gasteiger partial charge in [-0.3, -0.25) is 0 Å². The molecule has 0 N–H and O–H groups in total. The minimum absolute atomic E-state index is 0.361. The maximum atomic E-state index is 5.94. The summed E-state index contributed by atoms with van der Waals surface area (Å²) in [6, 6.07) is 15.6. The lowest BCUT2D eigenvalue weighted by Crippen LogP contribution is -1.89. The summed E-state index contributed by atoms with van der Waals surface area (Å²) < 4.78 is 16.8. The summed E-state index contributed by atoms with van der Waals surface area (Å²) in [5, 5.41) is 12.6.